The van der Waals surface area contributed by atoms with E-state index < -0.39 is 0 Å². The van der Waals surface area contributed by atoms with E-state index in [4.69, 9.17) is 0 Å². The fraction of sp³-hybridized carbons (Fsp3) is 0.333. The lowest BCUT2D eigenvalue weighted by molar-refractivity contribution is 0.638. The monoisotopic (exact) mass is 241 g/mol. The minimum absolute atomic E-state index is 0.794. The van der Waals surface area contributed by atoms with E-state index in [1.807, 2.05) is 13.1 Å². The van der Waals surface area contributed by atoms with Crippen LogP contribution in [-0.2, 0) is 13.0 Å². The van der Waals surface area contributed by atoms with Crippen molar-refractivity contribution in [3.63, 3.8) is 0 Å². The van der Waals surface area contributed by atoms with Gasteiger partial charge >= 0.3 is 0 Å². The van der Waals surface area contributed by atoms with E-state index in [-0.39, 0.29) is 0 Å². The minimum Gasteiger partial charge on any atom is -0.311 e. The van der Waals surface area contributed by atoms with E-state index in [1.165, 1.54) is 5.56 Å². The Bertz CT molecular complexity index is 451. The maximum atomic E-state index is 4.31. The zero-order chi connectivity index (χ0) is 12.6. The minimum atomic E-state index is 0.794. The molecule has 3 nitrogen and oxygen atoms in total. The molecule has 18 heavy (non-hydrogen) atoms. The van der Waals surface area contributed by atoms with Crippen LogP contribution < -0.4 is 5.32 Å². The normalized spacial score (nSPS) is 10.5. The van der Waals surface area contributed by atoms with E-state index in [9.17, 15) is 0 Å². The third kappa shape index (κ3) is 4.26. The van der Waals surface area contributed by atoms with Gasteiger partial charge in [-0.15, -0.1) is 0 Å². The second-order valence-electron chi connectivity index (χ2n) is 4.42. The molecule has 2 rings (SSSR count). The number of benzene rings is 1. The van der Waals surface area contributed by atoms with E-state index in [1.54, 1.807) is 6.20 Å². The summed E-state index contributed by atoms with van der Waals surface area (Å²) in [7, 11) is 0. The predicted octanol–water partition coefficient (Wildman–Crippen LogP) is 2.51. The van der Waals surface area contributed by atoms with Crippen LogP contribution in [0.15, 0.2) is 42.7 Å². The zero-order valence-corrected chi connectivity index (χ0v) is 10.8. The summed E-state index contributed by atoms with van der Waals surface area (Å²) in [5.74, 6) is 0. The molecule has 1 aromatic carbocycles. The summed E-state index contributed by atoms with van der Waals surface area (Å²) in [6, 6.07) is 10.6. The van der Waals surface area contributed by atoms with Gasteiger partial charge in [-0.1, -0.05) is 30.3 Å². The van der Waals surface area contributed by atoms with Crippen molar-refractivity contribution in [1.82, 2.24) is 15.3 Å². The summed E-state index contributed by atoms with van der Waals surface area (Å²) in [4.78, 5) is 8.53. The van der Waals surface area contributed by atoms with Crippen LogP contribution in [0.1, 0.15) is 23.4 Å². The Balaban J connectivity index is 1.63. The van der Waals surface area contributed by atoms with Crippen LogP contribution in [0.3, 0.4) is 0 Å². The molecule has 1 heterocycles. The third-order valence-corrected chi connectivity index (χ3v) is 2.80. The van der Waals surface area contributed by atoms with Crippen molar-refractivity contribution in [2.45, 2.75) is 26.3 Å². The Labute approximate surface area is 108 Å². The molecule has 0 aliphatic rings. The number of hydrogen-bond acceptors (Lipinski definition) is 3. The Kier molecular flexibility index (Phi) is 4.85. The Morgan fingerprint density at radius 2 is 1.89 bits per heavy atom. The molecular weight excluding hydrogens is 222 g/mol. The van der Waals surface area contributed by atoms with Crippen molar-refractivity contribution >= 4 is 0 Å². The Morgan fingerprint density at radius 3 is 2.61 bits per heavy atom. The van der Waals surface area contributed by atoms with E-state index in [0.717, 1.165) is 37.3 Å². The van der Waals surface area contributed by atoms with Crippen LogP contribution in [0, 0.1) is 6.92 Å². The summed E-state index contributed by atoms with van der Waals surface area (Å²) in [6.07, 6.45) is 5.90. The molecule has 0 spiro atoms. The van der Waals surface area contributed by atoms with E-state index in [0.29, 0.717) is 0 Å². The van der Waals surface area contributed by atoms with Gasteiger partial charge in [0.1, 0.15) is 0 Å². The lowest BCUT2D eigenvalue weighted by atomic mass is 10.1. The van der Waals surface area contributed by atoms with Gasteiger partial charge in [-0.3, -0.25) is 9.97 Å². The molecule has 0 saturated carbocycles. The van der Waals surface area contributed by atoms with Crippen LogP contribution >= 0.6 is 0 Å². The second kappa shape index (κ2) is 6.87. The predicted molar refractivity (Wildman–Crippen MR) is 73.2 cm³/mol. The van der Waals surface area contributed by atoms with Crippen LogP contribution in [0.2, 0.25) is 0 Å². The molecule has 0 atom stereocenters. The van der Waals surface area contributed by atoms with Gasteiger partial charge in [0.25, 0.3) is 0 Å². The number of rotatable bonds is 6. The first-order valence-corrected chi connectivity index (χ1v) is 6.37. The largest absolute Gasteiger partial charge is 0.311 e. The molecule has 0 saturated heterocycles. The van der Waals surface area contributed by atoms with Gasteiger partial charge < -0.3 is 5.32 Å². The Morgan fingerprint density at radius 1 is 1.06 bits per heavy atom. The lowest BCUT2D eigenvalue weighted by Gasteiger charge is -2.04. The first kappa shape index (κ1) is 12.7. The van der Waals surface area contributed by atoms with Crippen LogP contribution in [0.5, 0.6) is 0 Å². The topological polar surface area (TPSA) is 37.8 Å². The van der Waals surface area contributed by atoms with Crippen molar-refractivity contribution in [3.05, 3.63) is 59.7 Å². The molecule has 0 radical (unpaired) electrons. The average molecular weight is 241 g/mol. The van der Waals surface area contributed by atoms with Gasteiger partial charge in [0.15, 0.2) is 0 Å². The maximum absolute atomic E-state index is 4.31. The molecule has 0 amide bonds. The zero-order valence-electron chi connectivity index (χ0n) is 10.8. The highest BCUT2D eigenvalue weighted by Crippen LogP contribution is 2.01. The summed E-state index contributed by atoms with van der Waals surface area (Å²) in [5, 5.41) is 3.39. The molecule has 1 N–H and O–H groups in total. The van der Waals surface area contributed by atoms with Crippen LogP contribution in [0.25, 0.3) is 0 Å². The fourth-order valence-corrected chi connectivity index (χ4v) is 1.79. The van der Waals surface area contributed by atoms with Gasteiger partial charge in [0, 0.05) is 18.9 Å². The van der Waals surface area contributed by atoms with Gasteiger partial charge in [-0.25, -0.2) is 0 Å². The molecule has 1 aromatic heterocycles. The number of aromatic nitrogens is 2. The van der Waals surface area contributed by atoms with Crippen molar-refractivity contribution in [2.24, 2.45) is 0 Å². The van der Waals surface area contributed by atoms with Gasteiger partial charge in [0.05, 0.1) is 11.4 Å². The highest BCUT2D eigenvalue weighted by molar-refractivity contribution is 5.14. The number of aryl methyl sites for hydroxylation is 2. The van der Waals surface area contributed by atoms with E-state index >= 15 is 0 Å². The summed E-state index contributed by atoms with van der Waals surface area (Å²) in [5.41, 5.74) is 3.36. The maximum Gasteiger partial charge on any atom is 0.0724 e. The smallest absolute Gasteiger partial charge is 0.0724 e. The molecule has 94 valence electrons. The van der Waals surface area contributed by atoms with Gasteiger partial charge in [0.2, 0.25) is 0 Å². The van der Waals surface area contributed by atoms with Crippen molar-refractivity contribution < 1.29 is 0 Å². The fourth-order valence-electron chi connectivity index (χ4n) is 1.79. The van der Waals surface area contributed by atoms with Crippen molar-refractivity contribution in [3.8, 4) is 0 Å². The number of nitrogens with one attached hydrogen (secondary N) is 1. The summed E-state index contributed by atoms with van der Waals surface area (Å²) >= 11 is 0. The second-order valence-corrected chi connectivity index (χ2v) is 4.42. The third-order valence-electron chi connectivity index (χ3n) is 2.80. The van der Waals surface area contributed by atoms with Gasteiger partial charge in [-0.2, -0.15) is 0 Å². The SMILES string of the molecule is Cc1cnc(CNCCCc2ccccc2)cn1. The highest BCUT2D eigenvalue weighted by atomic mass is 14.9. The molecule has 2 aromatic rings. The number of hydrogen-bond donors (Lipinski definition) is 1. The van der Waals surface area contributed by atoms with Crippen LogP contribution in [0.4, 0.5) is 0 Å². The standard InChI is InChI=1S/C15H19N3/c1-13-10-18-15(12-17-13)11-16-9-5-8-14-6-3-2-4-7-14/h2-4,6-7,10,12,16H,5,8-9,11H2,1H3. The first-order chi connectivity index (χ1) is 8.84. The molecular formula is C15H19N3. The molecule has 0 bridgehead atoms. The van der Waals surface area contributed by atoms with Crippen molar-refractivity contribution in [1.29, 1.82) is 0 Å². The lowest BCUT2D eigenvalue weighted by Crippen LogP contribution is -2.16. The molecule has 3 heteroatoms. The van der Waals surface area contributed by atoms with Crippen LogP contribution in [-0.4, -0.2) is 16.5 Å². The average Bonchev–Trinajstić information content (AvgIpc) is 2.42. The first-order valence-electron chi connectivity index (χ1n) is 6.37. The summed E-state index contributed by atoms with van der Waals surface area (Å²) < 4.78 is 0. The molecule has 0 fully saturated rings. The molecule has 0 aliphatic heterocycles. The molecule has 0 unspecified atom stereocenters. The molecule has 0 aliphatic carbocycles. The summed E-state index contributed by atoms with van der Waals surface area (Å²) in [6.45, 7) is 3.75. The quantitative estimate of drug-likeness (QED) is 0.790. The Hall–Kier alpha value is -1.74. The number of nitrogens with zero attached hydrogens (tertiary/aromatic N) is 2. The highest BCUT2D eigenvalue weighted by Gasteiger charge is 1.95. The van der Waals surface area contributed by atoms with Gasteiger partial charge in [-0.05, 0) is 31.9 Å². The van der Waals surface area contributed by atoms with Crippen molar-refractivity contribution in [2.75, 3.05) is 6.54 Å². The van der Waals surface area contributed by atoms with E-state index in [2.05, 4.69) is 45.6 Å².